The summed E-state index contributed by atoms with van der Waals surface area (Å²) in [6.45, 7) is 0. The van der Waals surface area contributed by atoms with Gasteiger partial charge in [0, 0.05) is 11.6 Å². The highest BCUT2D eigenvalue weighted by molar-refractivity contribution is 5.92. The van der Waals surface area contributed by atoms with Crippen LogP contribution in [0.1, 0.15) is 10.4 Å². The van der Waals surface area contributed by atoms with Gasteiger partial charge >= 0.3 is 5.97 Å². The number of carbonyl (C=O) groups is 1. The van der Waals surface area contributed by atoms with Gasteiger partial charge in [0.2, 0.25) is 5.89 Å². The van der Waals surface area contributed by atoms with Gasteiger partial charge in [-0.05, 0) is 30.3 Å². The Hall–Kier alpha value is -3.02. The summed E-state index contributed by atoms with van der Waals surface area (Å²) in [4.78, 5) is 15.4. The number of aromatic carboxylic acids is 1. The minimum absolute atomic E-state index is 0.151. The van der Waals surface area contributed by atoms with Gasteiger partial charge in [-0.1, -0.05) is 0 Å². The molecule has 0 saturated carbocycles. The van der Waals surface area contributed by atoms with Crippen LogP contribution >= 0.6 is 0 Å². The van der Waals surface area contributed by atoms with E-state index in [2.05, 4.69) is 4.98 Å². The second-order valence-electron chi connectivity index (χ2n) is 4.61. The number of rotatable bonds is 4. The largest absolute Gasteiger partial charge is 0.497 e. The van der Waals surface area contributed by atoms with E-state index in [0.29, 0.717) is 34.1 Å². The molecule has 1 N–H and O–H groups in total. The van der Waals surface area contributed by atoms with Crippen molar-refractivity contribution in [3.63, 3.8) is 0 Å². The van der Waals surface area contributed by atoms with Crippen LogP contribution in [0.25, 0.3) is 22.6 Å². The van der Waals surface area contributed by atoms with Crippen molar-refractivity contribution in [2.24, 2.45) is 0 Å². The van der Waals surface area contributed by atoms with Gasteiger partial charge < -0.3 is 19.0 Å². The van der Waals surface area contributed by atoms with Crippen LogP contribution in [0.2, 0.25) is 0 Å². The molecule has 0 aliphatic carbocycles. The van der Waals surface area contributed by atoms with E-state index in [-0.39, 0.29) is 5.56 Å². The Morgan fingerprint density at radius 1 is 1.09 bits per heavy atom. The quantitative estimate of drug-likeness (QED) is 0.796. The van der Waals surface area contributed by atoms with Crippen molar-refractivity contribution in [3.8, 4) is 23.0 Å². The van der Waals surface area contributed by atoms with Crippen LogP contribution in [0.3, 0.4) is 0 Å². The predicted octanol–water partition coefficient (Wildman–Crippen LogP) is 3.21. The number of benzene rings is 2. The van der Waals surface area contributed by atoms with Crippen LogP contribution < -0.4 is 9.47 Å². The molecular formula is C16H13NO5. The third kappa shape index (κ3) is 2.46. The number of oxazole rings is 1. The first kappa shape index (κ1) is 13.9. The van der Waals surface area contributed by atoms with Crippen LogP contribution in [0.15, 0.2) is 40.8 Å². The lowest BCUT2D eigenvalue weighted by Crippen LogP contribution is -1.94. The fourth-order valence-electron chi connectivity index (χ4n) is 2.11. The molecule has 0 spiro atoms. The summed E-state index contributed by atoms with van der Waals surface area (Å²) in [6, 6.07) is 9.84. The molecule has 3 rings (SSSR count). The molecule has 0 bridgehead atoms. The Morgan fingerprint density at radius 2 is 1.77 bits per heavy atom. The van der Waals surface area contributed by atoms with E-state index >= 15 is 0 Å². The van der Waals surface area contributed by atoms with Crippen molar-refractivity contribution in [2.45, 2.75) is 0 Å². The number of aromatic nitrogens is 1. The molecule has 1 aromatic heterocycles. The van der Waals surface area contributed by atoms with Crippen LogP contribution in [0, 0.1) is 0 Å². The number of carboxylic acid groups (broad SMARTS) is 1. The lowest BCUT2D eigenvalue weighted by Gasteiger charge is -2.05. The molecule has 112 valence electrons. The van der Waals surface area contributed by atoms with E-state index in [1.54, 1.807) is 38.5 Å². The van der Waals surface area contributed by atoms with Gasteiger partial charge in [0.15, 0.2) is 5.58 Å². The lowest BCUT2D eigenvalue weighted by molar-refractivity contribution is 0.0697. The number of methoxy groups -OCH3 is 2. The molecule has 2 aromatic carbocycles. The SMILES string of the molecule is COc1cc(OC)cc(-c2nc3ccc(C(=O)O)cc3o2)c1. The van der Waals surface area contributed by atoms with Crippen LogP contribution in [0.5, 0.6) is 11.5 Å². The van der Waals surface area contributed by atoms with Gasteiger partial charge in [-0.2, -0.15) is 0 Å². The molecule has 0 aliphatic rings. The van der Waals surface area contributed by atoms with Gasteiger partial charge in [0.1, 0.15) is 17.0 Å². The topological polar surface area (TPSA) is 81.8 Å². The number of hydrogen-bond acceptors (Lipinski definition) is 5. The average molecular weight is 299 g/mol. The Labute approximate surface area is 125 Å². The van der Waals surface area contributed by atoms with Crippen molar-refractivity contribution in [1.29, 1.82) is 0 Å². The molecule has 22 heavy (non-hydrogen) atoms. The summed E-state index contributed by atoms with van der Waals surface area (Å²) in [5, 5.41) is 9.01. The highest BCUT2D eigenvalue weighted by Gasteiger charge is 2.13. The number of nitrogens with zero attached hydrogens (tertiary/aromatic N) is 1. The third-order valence-electron chi connectivity index (χ3n) is 3.23. The van der Waals surface area contributed by atoms with Gasteiger partial charge in [-0.15, -0.1) is 0 Å². The standard InChI is InChI=1S/C16H13NO5/c1-20-11-5-10(6-12(8-11)21-2)15-17-13-4-3-9(16(18)19)7-14(13)22-15/h3-8H,1-2H3,(H,18,19). The maximum atomic E-state index is 11.0. The summed E-state index contributed by atoms with van der Waals surface area (Å²) in [6.07, 6.45) is 0. The Morgan fingerprint density at radius 3 is 2.36 bits per heavy atom. The fraction of sp³-hybridized carbons (Fsp3) is 0.125. The Kier molecular flexibility index (Phi) is 3.42. The number of carboxylic acids is 1. The second kappa shape index (κ2) is 5.40. The van der Waals surface area contributed by atoms with Crippen molar-refractivity contribution in [2.75, 3.05) is 14.2 Å². The summed E-state index contributed by atoms with van der Waals surface area (Å²) < 4.78 is 16.1. The molecule has 0 saturated heterocycles. The van der Waals surface area contributed by atoms with Crippen molar-refractivity contribution in [1.82, 2.24) is 4.98 Å². The van der Waals surface area contributed by atoms with Gasteiger partial charge in [-0.25, -0.2) is 9.78 Å². The molecule has 6 heteroatoms. The molecule has 6 nitrogen and oxygen atoms in total. The van der Waals surface area contributed by atoms with E-state index in [0.717, 1.165) is 0 Å². The zero-order valence-corrected chi connectivity index (χ0v) is 12.0. The van der Waals surface area contributed by atoms with E-state index in [4.69, 9.17) is 19.0 Å². The highest BCUT2D eigenvalue weighted by Crippen LogP contribution is 2.31. The van der Waals surface area contributed by atoms with Crippen LogP contribution in [-0.4, -0.2) is 30.3 Å². The predicted molar refractivity (Wildman–Crippen MR) is 79.5 cm³/mol. The number of fused-ring (bicyclic) bond motifs is 1. The minimum Gasteiger partial charge on any atom is -0.497 e. The summed E-state index contributed by atoms with van der Waals surface area (Å²) >= 11 is 0. The fourth-order valence-corrected chi connectivity index (χ4v) is 2.11. The molecule has 0 fully saturated rings. The number of hydrogen-bond donors (Lipinski definition) is 1. The first-order valence-electron chi connectivity index (χ1n) is 6.48. The van der Waals surface area contributed by atoms with Gasteiger partial charge in [0.05, 0.1) is 19.8 Å². The summed E-state index contributed by atoms with van der Waals surface area (Å²) in [5.74, 6) is 0.586. The van der Waals surface area contributed by atoms with Crippen LogP contribution in [-0.2, 0) is 0 Å². The zero-order valence-electron chi connectivity index (χ0n) is 12.0. The summed E-state index contributed by atoms with van der Waals surface area (Å²) in [5.41, 5.74) is 1.83. The molecule has 0 radical (unpaired) electrons. The molecular weight excluding hydrogens is 286 g/mol. The lowest BCUT2D eigenvalue weighted by atomic mass is 10.2. The van der Waals surface area contributed by atoms with Crippen molar-refractivity contribution in [3.05, 3.63) is 42.0 Å². The average Bonchev–Trinajstić information content (AvgIpc) is 2.97. The Balaban J connectivity index is 2.11. The summed E-state index contributed by atoms with van der Waals surface area (Å²) in [7, 11) is 3.12. The normalized spacial score (nSPS) is 10.6. The van der Waals surface area contributed by atoms with E-state index in [1.165, 1.54) is 12.1 Å². The molecule has 0 atom stereocenters. The van der Waals surface area contributed by atoms with E-state index < -0.39 is 5.97 Å². The van der Waals surface area contributed by atoms with E-state index in [9.17, 15) is 4.79 Å². The molecule has 3 aromatic rings. The monoisotopic (exact) mass is 299 g/mol. The first-order chi connectivity index (χ1) is 10.6. The van der Waals surface area contributed by atoms with Gasteiger partial charge in [0.25, 0.3) is 0 Å². The zero-order chi connectivity index (χ0) is 15.7. The number of ether oxygens (including phenoxy) is 2. The third-order valence-corrected chi connectivity index (χ3v) is 3.23. The van der Waals surface area contributed by atoms with E-state index in [1.807, 2.05) is 0 Å². The van der Waals surface area contributed by atoms with Gasteiger partial charge in [-0.3, -0.25) is 0 Å². The smallest absolute Gasteiger partial charge is 0.335 e. The Bertz CT molecular complexity index is 831. The molecule has 0 amide bonds. The van der Waals surface area contributed by atoms with Crippen molar-refractivity contribution >= 4 is 17.1 Å². The minimum atomic E-state index is -1.01. The first-order valence-corrected chi connectivity index (χ1v) is 6.48. The maximum absolute atomic E-state index is 11.0. The molecule has 1 heterocycles. The van der Waals surface area contributed by atoms with Crippen molar-refractivity contribution < 1.29 is 23.8 Å². The highest BCUT2D eigenvalue weighted by atomic mass is 16.5. The molecule has 0 aliphatic heterocycles. The maximum Gasteiger partial charge on any atom is 0.335 e. The second-order valence-corrected chi connectivity index (χ2v) is 4.61. The molecule has 0 unspecified atom stereocenters. The van der Waals surface area contributed by atoms with Crippen LogP contribution in [0.4, 0.5) is 0 Å².